The Hall–Kier alpha value is -1.06. The van der Waals surface area contributed by atoms with E-state index >= 15 is 0 Å². The molecule has 2 amide bonds. The zero-order chi connectivity index (χ0) is 17.9. The molecular weight excluding hydrogens is 312 g/mol. The van der Waals surface area contributed by atoms with Gasteiger partial charge in [0.25, 0.3) is 0 Å². The first kappa shape index (κ1) is 18.7. The second-order valence-electron chi connectivity index (χ2n) is 9.21. The zero-order valence-electron chi connectivity index (χ0n) is 16.1. The lowest BCUT2D eigenvalue weighted by Crippen LogP contribution is -2.59. The number of unbranched alkanes of at least 4 members (excludes halogenated alkanes) is 2. The van der Waals surface area contributed by atoms with E-state index in [-0.39, 0.29) is 23.4 Å². The third-order valence-corrected chi connectivity index (χ3v) is 6.67. The smallest absolute Gasteiger partial charge is 0.220 e. The highest BCUT2D eigenvalue weighted by molar-refractivity contribution is 5.84. The first-order valence-corrected chi connectivity index (χ1v) is 10.6. The molecule has 4 aliphatic rings. The standard InChI is InChI=1S/C21H36N2O2/c1-3-4-5-6-15(2)22-19(24)7-8-20(25)23-21-12-16-9-17(13-21)11-18(10-16)14-21/h15-18H,3-14H2,1-2H3,(H,22,24)(H,23,25)/t15-,16?,17?,18?,21?/m0/s1. The minimum absolute atomic E-state index is 0.0182. The van der Waals surface area contributed by atoms with Gasteiger partial charge in [-0.1, -0.05) is 26.2 Å². The molecule has 4 bridgehead atoms. The predicted molar refractivity (Wildman–Crippen MR) is 100 cm³/mol. The molecule has 4 aliphatic carbocycles. The van der Waals surface area contributed by atoms with Gasteiger partial charge in [0.2, 0.25) is 11.8 Å². The first-order chi connectivity index (χ1) is 12.0. The maximum absolute atomic E-state index is 12.4. The van der Waals surface area contributed by atoms with E-state index < -0.39 is 0 Å². The molecule has 4 nitrogen and oxygen atoms in total. The summed E-state index contributed by atoms with van der Waals surface area (Å²) < 4.78 is 0. The van der Waals surface area contributed by atoms with Crippen LogP contribution in [0.3, 0.4) is 0 Å². The molecule has 4 fully saturated rings. The summed E-state index contributed by atoms with van der Waals surface area (Å²) in [6.07, 6.45) is 12.9. The summed E-state index contributed by atoms with van der Waals surface area (Å²) in [5.41, 5.74) is 0.0652. The van der Waals surface area contributed by atoms with Crippen LogP contribution in [0, 0.1) is 17.8 Å². The Labute approximate surface area is 152 Å². The highest BCUT2D eigenvalue weighted by Gasteiger charge is 2.51. The number of carbonyl (C=O) groups excluding carboxylic acids is 2. The van der Waals surface area contributed by atoms with E-state index in [2.05, 4.69) is 24.5 Å². The molecule has 25 heavy (non-hydrogen) atoms. The van der Waals surface area contributed by atoms with Crippen molar-refractivity contribution in [1.82, 2.24) is 10.6 Å². The molecule has 0 saturated heterocycles. The Morgan fingerprint density at radius 1 is 0.960 bits per heavy atom. The summed E-state index contributed by atoms with van der Waals surface area (Å²) in [7, 11) is 0. The van der Waals surface area contributed by atoms with Gasteiger partial charge in [-0.15, -0.1) is 0 Å². The Kier molecular flexibility index (Phi) is 6.06. The first-order valence-electron chi connectivity index (χ1n) is 10.6. The fourth-order valence-electron chi connectivity index (χ4n) is 5.97. The highest BCUT2D eigenvalue weighted by Crippen LogP contribution is 2.55. The van der Waals surface area contributed by atoms with Gasteiger partial charge in [0, 0.05) is 24.4 Å². The van der Waals surface area contributed by atoms with Crippen LogP contribution >= 0.6 is 0 Å². The molecule has 4 rings (SSSR count). The molecule has 142 valence electrons. The van der Waals surface area contributed by atoms with E-state index in [1.165, 1.54) is 51.4 Å². The van der Waals surface area contributed by atoms with Gasteiger partial charge < -0.3 is 10.6 Å². The average Bonchev–Trinajstić information content (AvgIpc) is 2.51. The normalized spacial score (nSPS) is 33.9. The van der Waals surface area contributed by atoms with Crippen LogP contribution in [0.5, 0.6) is 0 Å². The van der Waals surface area contributed by atoms with Gasteiger partial charge in [-0.05, 0) is 69.6 Å². The Morgan fingerprint density at radius 2 is 1.52 bits per heavy atom. The van der Waals surface area contributed by atoms with Crippen molar-refractivity contribution in [1.29, 1.82) is 0 Å². The monoisotopic (exact) mass is 348 g/mol. The Morgan fingerprint density at radius 3 is 2.08 bits per heavy atom. The maximum Gasteiger partial charge on any atom is 0.220 e. The lowest BCUT2D eigenvalue weighted by molar-refractivity contribution is -0.130. The summed E-state index contributed by atoms with van der Waals surface area (Å²) in [4.78, 5) is 24.5. The summed E-state index contributed by atoms with van der Waals surface area (Å²) in [6.45, 7) is 4.24. The van der Waals surface area contributed by atoms with Crippen molar-refractivity contribution in [2.75, 3.05) is 0 Å². The van der Waals surface area contributed by atoms with Crippen molar-refractivity contribution in [3.05, 3.63) is 0 Å². The van der Waals surface area contributed by atoms with Crippen molar-refractivity contribution < 1.29 is 9.59 Å². The quantitative estimate of drug-likeness (QED) is 0.620. The second kappa shape index (κ2) is 8.09. The average molecular weight is 349 g/mol. The van der Waals surface area contributed by atoms with Gasteiger partial charge in [-0.25, -0.2) is 0 Å². The van der Waals surface area contributed by atoms with Crippen LogP contribution in [-0.4, -0.2) is 23.4 Å². The molecule has 1 atom stereocenters. The van der Waals surface area contributed by atoms with E-state index in [9.17, 15) is 9.59 Å². The van der Waals surface area contributed by atoms with Gasteiger partial charge in [0.05, 0.1) is 0 Å². The van der Waals surface area contributed by atoms with Crippen molar-refractivity contribution in [2.45, 2.75) is 102 Å². The molecule has 4 saturated carbocycles. The lowest BCUT2D eigenvalue weighted by atomic mass is 9.53. The Bertz CT molecular complexity index is 453. The Balaban J connectivity index is 1.37. The van der Waals surface area contributed by atoms with Gasteiger partial charge in [-0.3, -0.25) is 9.59 Å². The number of nitrogens with one attached hydrogen (secondary N) is 2. The fourth-order valence-corrected chi connectivity index (χ4v) is 5.97. The third-order valence-electron chi connectivity index (χ3n) is 6.67. The summed E-state index contributed by atoms with van der Waals surface area (Å²) in [5.74, 6) is 2.59. The second-order valence-corrected chi connectivity index (χ2v) is 9.21. The van der Waals surface area contributed by atoms with E-state index in [1.54, 1.807) is 0 Å². The minimum atomic E-state index is 0.0182. The van der Waals surface area contributed by atoms with E-state index in [0.717, 1.165) is 30.6 Å². The van der Waals surface area contributed by atoms with Crippen LogP contribution in [0.2, 0.25) is 0 Å². The number of carbonyl (C=O) groups is 2. The SMILES string of the molecule is CCCCC[C@H](C)NC(=O)CCC(=O)NC12CC3CC(CC(C3)C1)C2. The predicted octanol–water partition coefficient (Wildman–Crippen LogP) is 3.94. The van der Waals surface area contributed by atoms with E-state index in [4.69, 9.17) is 0 Å². The van der Waals surface area contributed by atoms with Crippen molar-refractivity contribution >= 4 is 11.8 Å². The zero-order valence-corrected chi connectivity index (χ0v) is 16.1. The number of hydrogen-bond acceptors (Lipinski definition) is 2. The summed E-state index contributed by atoms with van der Waals surface area (Å²) in [6, 6.07) is 0.213. The van der Waals surface area contributed by atoms with Crippen LogP contribution in [0.4, 0.5) is 0 Å². The molecule has 0 radical (unpaired) electrons. The molecule has 0 aromatic heterocycles. The van der Waals surface area contributed by atoms with Crippen molar-refractivity contribution in [3.63, 3.8) is 0 Å². The van der Waals surface area contributed by atoms with Gasteiger partial charge in [0.1, 0.15) is 0 Å². The molecule has 0 spiro atoms. The lowest BCUT2D eigenvalue weighted by Gasteiger charge is -2.56. The molecule has 4 heteroatoms. The van der Waals surface area contributed by atoms with Crippen molar-refractivity contribution in [2.24, 2.45) is 17.8 Å². The van der Waals surface area contributed by atoms with Gasteiger partial charge in [-0.2, -0.15) is 0 Å². The topological polar surface area (TPSA) is 58.2 Å². The fraction of sp³-hybridized carbons (Fsp3) is 0.905. The van der Waals surface area contributed by atoms with E-state index in [0.29, 0.717) is 12.8 Å². The summed E-state index contributed by atoms with van der Waals surface area (Å²) >= 11 is 0. The third kappa shape index (κ3) is 4.98. The minimum Gasteiger partial charge on any atom is -0.354 e. The molecule has 2 N–H and O–H groups in total. The molecule has 0 aromatic rings. The van der Waals surface area contributed by atoms with Crippen LogP contribution in [0.25, 0.3) is 0 Å². The van der Waals surface area contributed by atoms with Crippen LogP contribution in [-0.2, 0) is 9.59 Å². The van der Waals surface area contributed by atoms with Gasteiger partial charge >= 0.3 is 0 Å². The molecule has 0 aliphatic heterocycles. The van der Waals surface area contributed by atoms with E-state index in [1.807, 2.05) is 0 Å². The van der Waals surface area contributed by atoms with Crippen LogP contribution in [0.15, 0.2) is 0 Å². The number of amides is 2. The molecular formula is C21H36N2O2. The summed E-state index contributed by atoms with van der Waals surface area (Å²) in [5, 5.41) is 6.39. The largest absolute Gasteiger partial charge is 0.354 e. The number of hydrogen-bond donors (Lipinski definition) is 2. The van der Waals surface area contributed by atoms with Gasteiger partial charge in [0.15, 0.2) is 0 Å². The van der Waals surface area contributed by atoms with Crippen LogP contribution < -0.4 is 10.6 Å². The maximum atomic E-state index is 12.4. The van der Waals surface area contributed by atoms with Crippen molar-refractivity contribution in [3.8, 4) is 0 Å². The van der Waals surface area contributed by atoms with Crippen LogP contribution in [0.1, 0.15) is 90.9 Å². The molecule has 0 heterocycles. The molecule has 0 unspecified atom stereocenters. The highest BCUT2D eigenvalue weighted by atomic mass is 16.2. The molecule has 0 aromatic carbocycles. The number of rotatable bonds is 9.